The number of nitrogens with zero attached hydrogens (tertiary/aromatic N) is 1. The molecule has 1 unspecified atom stereocenters. The first-order chi connectivity index (χ1) is 9.27. The normalized spacial score (nSPS) is 13.4. The number of halogens is 1. The molecule has 0 aliphatic rings. The summed E-state index contributed by atoms with van der Waals surface area (Å²) in [6, 6.07) is 7.03. The molecule has 1 aromatic rings. The second kappa shape index (κ2) is 6.57. The lowest BCUT2D eigenvalue weighted by Crippen LogP contribution is -2.31. The van der Waals surface area contributed by atoms with E-state index >= 15 is 0 Å². The van der Waals surface area contributed by atoms with Gasteiger partial charge in [0, 0.05) is 23.2 Å². The van der Waals surface area contributed by atoms with Crippen molar-refractivity contribution in [1.82, 2.24) is 4.90 Å². The average Bonchev–Trinajstić information content (AvgIpc) is 2.43. The lowest BCUT2D eigenvalue weighted by atomic mass is 10.0. The molecule has 0 saturated heterocycles. The minimum Gasteiger partial charge on any atom is -0.478 e. The number of amides is 1. The molecule has 20 heavy (non-hydrogen) atoms. The van der Waals surface area contributed by atoms with E-state index in [4.69, 9.17) is 16.7 Å². The Morgan fingerprint density at radius 3 is 2.25 bits per heavy atom. The molecular formula is C15H18ClNO3. The molecule has 0 bridgehead atoms. The van der Waals surface area contributed by atoms with Gasteiger partial charge in [-0.3, -0.25) is 4.79 Å². The summed E-state index contributed by atoms with van der Waals surface area (Å²) in [7, 11) is 1.63. The van der Waals surface area contributed by atoms with Crippen LogP contribution in [0.1, 0.15) is 32.4 Å². The van der Waals surface area contributed by atoms with Crippen LogP contribution in [-0.2, 0) is 9.59 Å². The molecule has 1 amide bonds. The maximum absolute atomic E-state index is 12.3. The number of hydrogen-bond acceptors (Lipinski definition) is 2. The Labute approximate surface area is 123 Å². The van der Waals surface area contributed by atoms with Crippen molar-refractivity contribution in [2.75, 3.05) is 7.05 Å². The number of rotatable bonds is 4. The molecule has 1 aromatic carbocycles. The van der Waals surface area contributed by atoms with Gasteiger partial charge in [0.1, 0.15) is 0 Å². The monoisotopic (exact) mass is 295 g/mol. The molecule has 0 aliphatic carbocycles. The highest BCUT2D eigenvalue weighted by molar-refractivity contribution is 6.31. The largest absolute Gasteiger partial charge is 0.478 e. The lowest BCUT2D eigenvalue weighted by molar-refractivity contribution is -0.134. The van der Waals surface area contributed by atoms with Crippen molar-refractivity contribution in [3.63, 3.8) is 0 Å². The van der Waals surface area contributed by atoms with Gasteiger partial charge in [-0.05, 0) is 32.4 Å². The molecule has 0 spiro atoms. The molecular weight excluding hydrogens is 278 g/mol. The van der Waals surface area contributed by atoms with Crippen LogP contribution in [0.5, 0.6) is 0 Å². The predicted molar refractivity (Wildman–Crippen MR) is 78.6 cm³/mol. The van der Waals surface area contributed by atoms with E-state index in [1.807, 2.05) is 25.1 Å². The number of carbonyl (C=O) groups is 2. The fourth-order valence-corrected chi connectivity index (χ4v) is 2.08. The van der Waals surface area contributed by atoms with Crippen molar-refractivity contribution >= 4 is 23.5 Å². The number of likely N-dealkylation sites (N-methyl/N-ethyl adjacent to an activating group) is 1. The van der Waals surface area contributed by atoms with Gasteiger partial charge >= 0.3 is 5.97 Å². The molecule has 0 aromatic heterocycles. The third kappa shape index (κ3) is 3.39. The number of benzene rings is 1. The summed E-state index contributed by atoms with van der Waals surface area (Å²) in [5, 5.41) is 9.51. The standard InChI is InChI=1S/C15H18ClNO3/c1-9(10(2)15(19)20)14(18)17(4)11(3)12-7-5-6-8-13(12)16/h5-8,11H,1-4H3,(H,19,20). The van der Waals surface area contributed by atoms with Gasteiger partial charge in [0.05, 0.1) is 6.04 Å². The Hall–Kier alpha value is -1.81. The molecule has 0 radical (unpaired) electrons. The highest BCUT2D eigenvalue weighted by Gasteiger charge is 2.22. The molecule has 1 atom stereocenters. The van der Waals surface area contributed by atoms with Gasteiger partial charge in [-0.15, -0.1) is 0 Å². The van der Waals surface area contributed by atoms with Gasteiger partial charge in [-0.1, -0.05) is 29.8 Å². The highest BCUT2D eigenvalue weighted by atomic mass is 35.5. The van der Waals surface area contributed by atoms with Gasteiger partial charge in [0.25, 0.3) is 0 Å². The van der Waals surface area contributed by atoms with E-state index in [2.05, 4.69) is 0 Å². The predicted octanol–water partition coefficient (Wildman–Crippen LogP) is 3.28. The van der Waals surface area contributed by atoms with E-state index in [0.717, 1.165) is 5.56 Å². The molecule has 0 aliphatic heterocycles. The summed E-state index contributed by atoms with van der Waals surface area (Å²) >= 11 is 6.12. The summed E-state index contributed by atoms with van der Waals surface area (Å²) < 4.78 is 0. The van der Waals surface area contributed by atoms with E-state index in [9.17, 15) is 9.59 Å². The third-order valence-electron chi connectivity index (χ3n) is 3.46. The molecule has 0 saturated carbocycles. The SMILES string of the molecule is CC(C(=O)O)=C(C)C(=O)N(C)C(C)c1ccccc1Cl. The fourth-order valence-electron chi connectivity index (χ4n) is 1.78. The zero-order chi connectivity index (χ0) is 15.4. The first-order valence-corrected chi connectivity index (χ1v) is 6.57. The lowest BCUT2D eigenvalue weighted by Gasteiger charge is -2.26. The second-order valence-electron chi connectivity index (χ2n) is 4.67. The quantitative estimate of drug-likeness (QED) is 0.867. The van der Waals surface area contributed by atoms with Gasteiger partial charge in [-0.2, -0.15) is 0 Å². The zero-order valence-corrected chi connectivity index (χ0v) is 12.7. The van der Waals surface area contributed by atoms with Gasteiger partial charge in [-0.25, -0.2) is 4.79 Å². The van der Waals surface area contributed by atoms with Crippen molar-refractivity contribution in [2.45, 2.75) is 26.8 Å². The minimum atomic E-state index is -1.09. The Morgan fingerprint density at radius 1 is 1.20 bits per heavy atom. The van der Waals surface area contributed by atoms with Gasteiger partial charge in [0.15, 0.2) is 0 Å². The molecule has 0 heterocycles. The first-order valence-electron chi connectivity index (χ1n) is 6.19. The molecule has 4 nitrogen and oxygen atoms in total. The van der Waals surface area contributed by atoms with Gasteiger partial charge < -0.3 is 10.0 Å². The van der Waals surface area contributed by atoms with E-state index in [1.165, 1.54) is 18.7 Å². The van der Waals surface area contributed by atoms with Crippen molar-refractivity contribution in [3.05, 3.63) is 46.0 Å². The summed E-state index contributed by atoms with van der Waals surface area (Å²) in [4.78, 5) is 24.7. The number of carbonyl (C=O) groups excluding carboxylic acids is 1. The van der Waals surface area contributed by atoms with Crippen LogP contribution < -0.4 is 0 Å². The van der Waals surface area contributed by atoms with E-state index in [-0.39, 0.29) is 23.1 Å². The molecule has 0 fully saturated rings. The molecule has 1 N–H and O–H groups in total. The second-order valence-corrected chi connectivity index (χ2v) is 5.08. The third-order valence-corrected chi connectivity index (χ3v) is 3.80. The van der Waals surface area contributed by atoms with Crippen LogP contribution in [0.25, 0.3) is 0 Å². The van der Waals surface area contributed by atoms with E-state index in [1.54, 1.807) is 13.1 Å². The number of hydrogen-bond donors (Lipinski definition) is 1. The van der Waals surface area contributed by atoms with E-state index in [0.29, 0.717) is 5.02 Å². The first kappa shape index (κ1) is 16.2. The highest BCUT2D eigenvalue weighted by Crippen LogP contribution is 2.27. The molecule has 5 heteroatoms. The smallest absolute Gasteiger partial charge is 0.331 e. The van der Waals surface area contributed by atoms with E-state index < -0.39 is 5.97 Å². The van der Waals surface area contributed by atoms with Crippen LogP contribution in [-0.4, -0.2) is 28.9 Å². The van der Waals surface area contributed by atoms with Crippen molar-refractivity contribution in [3.8, 4) is 0 Å². The number of carboxylic acids is 1. The summed E-state index contributed by atoms with van der Waals surface area (Å²) in [5.74, 6) is -1.41. The Morgan fingerprint density at radius 2 is 1.75 bits per heavy atom. The number of aliphatic carboxylic acids is 1. The van der Waals surface area contributed by atoms with Gasteiger partial charge in [0.2, 0.25) is 5.91 Å². The summed E-state index contributed by atoms with van der Waals surface area (Å²) in [6.07, 6.45) is 0. The Bertz CT molecular complexity index is 566. The Balaban J connectivity index is 3.04. The van der Waals surface area contributed by atoms with Crippen LogP contribution in [0.15, 0.2) is 35.4 Å². The van der Waals surface area contributed by atoms with Crippen LogP contribution in [0.4, 0.5) is 0 Å². The average molecular weight is 296 g/mol. The Kier molecular flexibility index (Phi) is 5.34. The maximum atomic E-state index is 12.3. The zero-order valence-electron chi connectivity index (χ0n) is 12.0. The van der Waals surface area contributed by atoms with Crippen LogP contribution in [0, 0.1) is 0 Å². The van der Waals surface area contributed by atoms with Crippen LogP contribution in [0.3, 0.4) is 0 Å². The van der Waals surface area contributed by atoms with Crippen molar-refractivity contribution in [2.24, 2.45) is 0 Å². The fraction of sp³-hybridized carbons (Fsp3) is 0.333. The van der Waals surface area contributed by atoms with Crippen LogP contribution >= 0.6 is 11.6 Å². The van der Waals surface area contributed by atoms with Crippen molar-refractivity contribution < 1.29 is 14.7 Å². The van der Waals surface area contributed by atoms with Crippen LogP contribution in [0.2, 0.25) is 5.02 Å². The summed E-state index contributed by atoms with van der Waals surface area (Å²) in [6.45, 7) is 4.79. The maximum Gasteiger partial charge on any atom is 0.331 e. The molecule has 1 rings (SSSR count). The minimum absolute atomic E-state index is 0.0493. The summed E-state index contributed by atoms with van der Waals surface area (Å²) in [5.41, 5.74) is 1.10. The van der Waals surface area contributed by atoms with Crippen molar-refractivity contribution in [1.29, 1.82) is 0 Å². The molecule has 108 valence electrons. The topological polar surface area (TPSA) is 57.6 Å². The number of carboxylic acid groups (broad SMARTS) is 1.